The third kappa shape index (κ3) is 8.52. The van der Waals surface area contributed by atoms with Crippen molar-refractivity contribution in [3.05, 3.63) is 70.4 Å². The smallest absolute Gasteiger partial charge is 0.410 e. The Balaban J connectivity index is 1.96. The molecule has 1 heterocycles. The minimum absolute atomic E-state index is 0.123. The highest BCUT2D eigenvalue weighted by atomic mass is 32.2. The third-order valence-corrected chi connectivity index (χ3v) is 8.80. The van der Waals surface area contributed by atoms with Crippen molar-refractivity contribution < 1.29 is 22.7 Å². The van der Waals surface area contributed by atoms with Gasteiger partial charge in [-0.2, -0.15) is 0 Å². The van der Waals surface area contributed by atoms with Crippen LogP contribution in [0.4, 0.5) is 4.79 Å². The van der Waals surface area contributed by atoms with Crippen molar-refractivity contribution in [1.29, 1.82) is 0 Å². The number of benzene rings is 2. The summed E-state index contributed by atoms with van der Waals surface area (Å²) in [6, 6.07) is 16.6. The molecule has 2 unspecified atom stereocenters. The average Bonchev–Trinajstić information content (AvgIpc) is 3.37. The van der Waals surface area contributed by atoms with E-state index in [4.69, 9.17) is 4.74 Å². The van der Waals surface area contributed by atoms with Gasteiger partial charge < -0.3 is 9.64 Å². The van der Waals surface area contributed by atoms with Gasteiger partial charge in [0.15, 0.2) is 0 Å². The quantitative estimate of drug-likeness (QED) is 0.353. The molecule has 0 spiro atoms. The van der Waals surface area contributed by atoms with Crippen LogP contribution in [0.3, 0.4) is 0 Å². The number of hydrogen-bond acceptors (Lipinski definition) is 6. The molecule has 2 atom stereocenters. The first-order chi connectivity index (χ1) is 18.2. The zero-order chi connectivity index (χ0) is 29.0. The Morgan fingerprint density at radius 1 is 0.923 bits per heavy atom. The predicted octanol–water partition coefficient (Wildman–Crippen LogP) is 4.64. The number of amides is 2. The van der Waals surface area contributed by atoms with Gasteiger partial charge >= 0.3 is 6.09 Å². The highest BCUT2D eigenvalue weighted by Crippen LogP contribution is 2.22. The molecule has 0 bridgehead atoms. The molecule has 212 valence electrons. The van der Waals surface area contributed by atoms with E-state index in [0.29, 0.717) is 6.42 Å². The van der Waals surface area contributed by atoms with Gasteiger partial charge in [-0.1, -0.05) is 48.5 Å². The van der Waals surface area contributed by atoms with Crippen molar-refractivity contribution in [2.24, 2.45) is 0 Å². The van der Waals surface area contributed by atoms with E-state index in [1.807, 2.05) is 60.0 Å². The lowest BCUT2D eigenvalue weighted by molar-refractivity contribution is -0.137. The number of thiophene rings is 1. The van der Waals surface area contributed by atoms with Crippen LogP contribution in [0.2, 0.25) is 0 Å². The van der Waals surface area contributed by atoms with Crippen molar-refractivity contribution >= 4 is 44.1 Å². The van der Waals surface area contributed by atoms with Crippen molar-refractivity contribution in [2.75, 3.05) is 33.9 Å². The molecule has 2 aromatic carbocycles. The molecular weight excluding hydrogens is 534 g/mol. The van der Waals surface area contributed by atoms with E-state index < -0.39 is 33.8 Å². The molecule has 0 fully saturated rings. The summed E-state index contributed by atoms with van der Waals surface area (Å²) in [4.78, 5) is 31.2. The molecule has 0 saturated heterocycles. The highest BCUT2D eigenvalue weighted by Gasteiger charge is 2.35. The standard InChI is InChI=1S/C29H39N3O5S2/c1-29(2,3)37-28(34)32(6)26(18-21-14-15-22-11-8-9-12-23(22)17-21)27(33)31(5)24(19-25-13-10-16-38-25)20-30(4)39(7,35)36/h8-17,24,26H,18-20H2,1-7H3. The van der Waals surface area contributed by atoms with E-state index in [1.54, 1.807) is 51.1 Å². The normalized spacial score (nSPS) is 13.7. The molecule has 3 rings (SSSR count). The molecule has 2 amide bonds. The number of carbonyl (C=O) groups is 2. The summed E-state index contributed by atoms with van der Waals surface area (Å²) in [6.07, 6.45) is 1.31. The Morgan fingerprint density at radius 2 is 1.59 bits per heavy atom. The lowest BCUT2D eigenvalue weighted by atomic mass is 9.99. The number of likely N-dealkylation sites (N-methyl/N-ethyl adjacent to an activating group) is 3. The van der Waals surface area contributed by atoms with Crippen molar-refractivity contribution in [2.45, 2.75) is 51.3 Å². The van der Waals surface area contributed by atoms with Gasteiger partial charge in [0.2, 0.25) is 15.9 Å². The van der Waals surface area contributed by atoms with Gasteiger partial charge in [-0.15, -0.1) is 11.3 Å². The number of hydrogen-bond donors (Lipinski definition) is 0. The average molecular weight is 574 g/mol. The van der Waals surface area contributed by atoms with Crippen molar-refractivity contribution in [1.82, 2.24) is 14.1 Å². The number of nitrogens with zero attached hydrogens (tertiary/aromatic N) is 3. The zero-order valence-corrected chi connectivity index (χ0v) is 25.4. The number of sulfonamides is 1. The van der Waals surface area contributed by atoms with Crippen LogP contribution in [0.25, 0.3) is 10.8 Å². The Morgan fingerprint density at radius 3 is 2.18 bits per heavy atom. The lowest BCUT2D eigenvalue weighted by Gasteiger charge is -2.36. The molecule has 8 nitrogen and oxygen atoms in total. The minimum atomic E-state index is -3.46. The van der Waals surface area contributed by atoms with Crippen LogP contribution in [0, 0.1) is 0 Å². The summed E-state index contributed by atoms with van der Waals surface area (Å²) < 4.78 is 31.3. The van der Waals surface area contributed by atoms with E-state index in [9.17, 15) is 18.0 Å². The summed E-state index contributed by atoms with van der Waals surface area (Å²) in [5.41, 5.74) is 0.173. The second-order valence-electron chi connectivity index (χ2n) is 10.9. The van der Waals surface area contributed by atoms with E-state index in [1.165, 1.54) is 16.3 Å². The summed E-state index contributed by atoms with van der Waals surface area (Å²) in [5.74, 6) is -0.292. The first-order valence-electron chi connectivity index (χ1n) is 12.8. The second-order valence-corrected chi connectivity index (χ2v) is 14.0. The molecule has 10 heteroatoms. The maximum Gasteiger partial charge on any atom is 0.410 e. The van der Waals surface area contributed by atoms with Crippen LogP contribution in [0.15, 0.2) is 60.0 Å². The van der Waals surface area contributed by atoms with Crippen LogP contribution in [-0.4, -0.2) is 86.2 Å². The molecule has 0 radical (unpaired) electrons. The molecule has 3 aromatic rings. The summed E-state index contributed by atoms with van der Waals surface area (Å²) >= 11 is 1.55. The highest BCUT2D eigenvalue weighted by molar-refractivity contribution is 7.88. The van der Waals surface area contributed by atoms with Gasteiger partial charge in [-0.25, -0.2) is 17.5 Å². The van der Waals surface area contributed by atoms with Crippen LogP contribution in [0.1, 0.15) is 31.2 Å². The second kappa shape index (κ2) is 12.5. The third-order valence-electron chi connectivity index (χ3n) is 6.62. The van der Waals surface area contributed by atoms with Crippen LogP contribution in [0.5, 0.6) is 0 Å². The SMILES string of the molecule is CN(C(=O)C(Cc1ccc2ccccc2c1)N(C)C(=O)OC(C)(C)C)C(Cc1cccs1)CN(C)S(C)(=O)=O. The minimum Gasteiger partial charge on any atom is -0.444 e. The van der Waals surface area contributed by atoms with Gasteiger partial charge in [0.25, 0.3) is 0 Å². The van der Waals surface area contributed by atoms with Gasteiger partial charge in [0.05, 0.1) is 12.3 Å². The fourth-order valence-electron chi connectivity index (χ4n) is 4.27. The number of carbonyl (C=O) groups excluding carboxylic acids is 2. The zero-order valence-electron chi connectivity index (χ0n) is 23.7. The molecule has 1 aromatic heterocycles. The monoisotopic (exact) mass is 573 g/mol. The maximum absolute atomic E-state index is 14.1. The number of ether oxygens (including phenoxy) is 1. The molecule has 0 aliphatic heterocycles. The fourth-order valence-corrected chi connectivity index (χ4v) is 5.49. The van der Waals surface area contributed by atoms with Crippen LogP contribution < -0.4 is 0 Å². The first kappa shape index (κ1) is 30.6. The van der Waals surface area contributed by atoms with Crippen molar-refractivity contribution in [3.63, 3.8) is 0 Å². The molecular formula is C29H39N3O5S2. The van der Waals surface area contributed by atoms with Gasteiger partial charge in [0, 0.05) is 45.4 Å². The maximum atomic E-state index is 14.1. The summed E-state index contributed by atoms with van der Waals surface area (Å²) in [5, 5.41) is 4.08. The number of fused-ring (bicyclic) bond motifs is 1. The molecule has 0 saturated carbocycles. The van der Waals surface area contributed by atoms with Crippen LogP contribution >= 0.6 is 11.3 Å². The Labute approximate surface area is 236 Å². The predicted molar refractivity (Wildman–Crippen MR) is 157 cm³/mol. The Hall–Kier alpha value is -2.95. The first-order valence-corrected chi connectivity index (χ1v) is 15.5. The largest absolute Gasteiger partial charge is 0.444 e. The molecule has 0 aliphatic carbocycles. The Bertz CT molecular complexity index is 1380. The van der Waals surface area contributed by atoms with E-state index in [0.717, 1.165) is 27.5 Å². The van der Waals surface area contributed by atoms with Gasteiger partial charge in [-0.05, 0) is 48.6 Å². The van der Waals surface area contributed by atoms with Crippen LogP contribution in [-0.2, 0) is 32.4 Å². The van der Waals surface area contributed by atoms with E-state index in [2.05, 4.69) is 0 Å². The molecule has 0 N–H and O–H groups in total. The van der Waals surface area contributed by atoms with Gasteiger partial charge in [0.1, 0.15) is 11.6 Å². The molecule has 0 aliphatic rings. The Kier molecular flexibility index (Phi) is 9.79. The summed E-state index contributed by atoms with van der Waals surface area (Å²) in [6.45, 7) is 5.47. The van der Waals surface area contributed by atoms with E-state index >= 15 is 0 Å². The van der Waals surface area contributed by atoms with Crippen molar-refractivity contribution in [3.8, 4) is 0 Å². The van der Waals surface area contributed by atoms with E-state index in [-0.39, 0.29) is 18.9 Å². The molecule has 39 heavy (non-hydrogen) atoms. The summed E-state index contributed by atoms with van der Waals surface area (Å²) in [7, 11) is 1.29. The lowest BCUT2D eigenvalue weighted by Crippen LogP contribution is -2.55. The van der Waals surface area contributed by atoms with Gasteiger partial charge in [-0.3, -0.25) is 9.69 Å². The number of rotatable bonds is 10. The topological polar surface area (TPSA) is 87.2 Å². The fraction of sp³-hybridized carbons (Fsp3) is 0.448.